The van der Waals surface area contributed by atoms with E-state index in [1.54, 1.807) is 6.20 Å². The fourth-order valence-corrected chi connectivity index (χ4v) is 1.50. The Kier molecular flexibility index (Phi) is 1.79. The van der Waals surface area contributed by atoms with E-state index < -0.39 is 0 Å². The molecule has 0 aliphatic carbocycles. The van der Waals surface area contributed by atoms with Crippen molar-refractivity contribution in [3.05, 3.63) is 29.8 Å². The van der Waals surface area contributed by atoms with Crippen molar-refractivity contribution in [2.24, 2.45) is 0 Å². The van der Waals surface area contributed by atoms with Crippen molar-refractivity contribution < 1.29 is 0 Å². The van der Waals surface area contributed by atoms with Gasteiger partial charge in [-0.2, -0.15) is 0 Å². The van der Waals surface area contributed by atoms with Crippen LogP contribution in [0.4, 0.5) is 0 Å². The van der Waals surface area contributed by atoms with Gasteiger partial charge in [0.2, 0.25) is 5.78 Å². The minimum Gasteiger partial charge on any atom is -0.288 e. The van der Waals surface area contributed by atoms with Gasteiger partial charge in [0, 0.05) is 23.8 Å². The fourth-order valence-electron chi connectivity index (χ4n) is 1.50. The Bertz CT molecular complexity index is 429. The van der Waals surface area contributed by atoms with E-state index in [-0.39, 0.29) is 0 Å². The quantitative estimate of drug-likeness (QED) is 0.664. The molecule has 3 heteroatoms. The van der Waals surface area contributed by atoms with Crippen molar-refractivity contribution in [3.8, 4) is 0 Å². The first kappa shape index (κ1) is 8.23. The number of hydrogen-bond acceptors (Lipinski definition) is 2. The Morgan fingerprint density at radius 3 is 2.85 bits per heavy atom. The zero-order valence-corrected chi connectivity index (χ0v) is 8.15. The van der Waals surface area contributed by atoms with E-state index in [2.05, 4.69) is 29.9 Å². The monoisotopic (exact) mass is 175 g/mol. The van der Waals surface area contributed by atoms with Gasteiger partial charge < -0.3 is 0 Å². The average Bonchev–Trinajstić information content (AvgIpc) is 2.49. The third-order valence-corrected chi connectivity index (χ3v) is 2.12. The summed E-state index contributed by atoms with van der Waals surface area (Å²) in [5.41, 5.74) is 2.29. The second-order valence-corrected chi connectivity index (χ2v) is 3.57. The molecule has 0 spiro atoms. The number of aromatic nitrogens is 3. The predicted molar refractivity (Wildman–Crippen MR) is 51.8 cm³/mol. The van der Waals surface area contributed by atoms with Crippen molar-refractivity contribution in [2.75, 3.05) is 0 Å². The van der Waals surface area contributed by atoms with Crippen LogP contribution < -0.4 is 0 Å². The van der Waals surface area contributed by atoms with Gasteiger partial charge in [0.1, 0.15) is 0 Å². The lowest BCUT2D eigenvalue weighted by Crippen LogP contribution is -2.01. The van der Waals surface area contributed by atoms with Gasteiger partial charge in [0.25, 0.3) is 0 Å². The third kappa shape index (κ3) is 1.30. The molecule has 2 aromatic heterocycles. The number of hydrogen-bond donors (Lipinski definition) is 0. The SMILES string of the molecule is Cc1cc(C(C)C)n2ccnc2n1. The number of fused-ring (bicyclic) bond motifs is 1. The highest BCUT2D eigenvalue weighted by molar-refractivity contribution is 5.33. The van der Waals surface area contributed by atoms with Crippen molar-refractivity contribution in [2.45, 2.75) is 26.7 Å². The van der Waals surface area contributed by atoms with Gasteiger partial charge in [-0.3, -0.25) is 4.40 Å². The highest BCUT2D eigenvalue weighted by Crippen LogP contribution is 2.15. The van der Waals surface area contributed by atoms with E-state index in [0.29, 0.717) is 5.92 Å². The molecule has 0 N–H and O–H groups in total. The second kappa shape index (κ2) is 2.83. The molecule has 68 valence electrons. The molecule has 0 saturated heterocycles. The molecule has 13 heavy (non-hydrogen) atoms. The Hall–Kier alpha value is -1.38. The second-order valence-electron chi connectivity index (χ2n) is 3.57. The minimum atomic E-state index is 0.499. The lowest BCUT2D eigenvalue weighted by atomic mass is 10.1. The summed E-state index contributed by atoms with van der Waals surface area (Å²) in [5.74, 6) is 1.29. The highest BCUT2D eigenvalue weighted by Gasteiger charge is 2.06. The highest BCUT2D eigenvalue weighted by atomic mass is 15.1. The van der Waals surface area contributed by atoms with Gasteiger partial charge in [0.15, 0.2) is 0 Å². The molecule has 0 amide bonds. The minimum absolute atomic E-state index is 0.499. The van der Waals surface area contributed by atoms with E-state index in [1.807, 2.05) is 17.5 Å². The van der Waals surface area contributed by atoms with Crippen molar-refractivity contribution in [1.29, 1.82) is 0 Å². The molecule has 0 saturated carbocycles. The summed E-state index contributed by atoms with van der Waals surface area (Å²) in [6.07, 6.45) is 3.74. The average molecular weight is 175 g/mol. The predicted octanol–water partition coefficient (Wildman–Crippen LogP) is 2.16. The number of aryl methyl sites for hydroxylation is 1. The van der Waals surface area contributed by atoms with Gasteiger partial charge >= 0.3 is 0 Å². The summed E-state index contributed by atoms with van der Waals surface area (Å²) < 4.78 is 2.04. The number of nitrogens with zero attached hydrogens (tertiary/aromatic N) is 3. The van der Waals surface area contributed by atoms with E-state index >= 15 is 0 Å². The first-order valence-electron chi connectivity index (χ1n) is 4.49. The zero-order chi connectivity index (χ0) is 9.42. The fraction of sp³-hybridized carbons (Fsp3) is 0.400. The van der Waals surface area contributed by atoms with Crippen molar-refractivity contribution in [3.63, 3.8) is 0 Å². The van der Waals surface area contributed by atoms with E-state index in [1.165, 1.54) is 5.69 Å². The molecule has 2 rings (SSSR count). The largest absolute Gasteiger partial charge is 0.288 e. The van der Waals surface area contributed by atoms with Crippen LogP contribution in [-0.4, -0.2) is 14.4 Å². The van der Waals surface area contributed by atoms with Gasteiger partial charge in [-0.05, 0) is 18.9 Å². The van der Waals surface area contributed by atoms with Gasteiger partial charge in [0.05, 0.1) is 0 Å². The van der Waals surface area contributed by atoms with E-state index in [9.17, 15) is 0 Å². The van der Waals surface area contributed by atoms with Crippen molar-refractivity contribution in [1.82, 2.24) is 14.4 Å². The molecular weight excluding hydrogens is 162 g/mol. The van der Waals surface area contributed by atoms with Gasteiger partial charge in [-0.15, -0.1) is 0 Å². The summed E-state index contributed by atoms with van der Waals surface area (Å²) in [4.78, 5) is 8.50. The van der Waals surface area contributed by atoms with Crippen LogP contribution in [0.3, 0.4) is 0 Å². The zero-order valence-electron chi connectivity index (χ0n) is 8.15. The number of imidazole rings is 1. The Balaban J connectivity index is 2.77. The van der Waals surface area contributed by atoms with Crippen molar-refractivity contribution >= 4 is 5.78 Å². The van der Waals surface area contributed by atoms with Crippen LogP contribution in [-0.2, 0) is 0 Å². The molecule has 0 atom stereocenters. The first-order chi connectivity index (χ1) is 6.18. The standard InChI is InChI=1S/C10H13N3/c1-7(2)9-6-8(3)12-10-11-4-5-13(9)10/h4-7H,1-3H3. The van der Waals surface area contributed by atoms with Crippen LogP contribution >= 0.6 is 0 Å². The Labute approximate surface area is 77.4 Å². The van der Waals surface area contributed by atoms with E-state index in [4.69, 9.17) is 0 Å². The summed E-state index contributed by atoms with van der Waals surface area (Å²) in [6.45, 7) is 6.35. The number of rotatable bonds is 1. The maximum Gasteiger partial charge on any atom is 0.234 e. The van der Waals surface area contributed by atoms with Crippen LogP contribution in [0.5, 0.6) is 0 Å². The summed E-state index contributed by atoms with van der Waals surface area (Å²) in [6, 6.07) is 2.11. The molecule has 0 aliphatic rings. The molecule has 0 aliphatic heterocycles. The molecule has 3 nitrogen and oxygen atoms in total. The van der Waals surface area contributed by atoms with Gasteiger partial charge in [-0.25, -0.2) is 9.97 Å². The lowest BCUT2D eigenvalue weighted by molar-refractivity contribution is 0.789. The van der Waals surface area contributed by atoms with Crippen LogP contribution in [0.1, 0.15) is 31.2 Å². The van der Waals surface area contributed by atoms with Gasteiger partial charge in [-0.1, -0.05) is 13.8 Å². The molecule has 2 aromatic rings. The molecule has 0 unspecified atom stereocenters. The van der Waals surface area contributed by atoms with Crippen LogP contribution in [0.15, 0.2) is 18.5 Å². The first-order valence-corrected chi connectivity index (χ1v) is 4.49. The topological polar surface area (TPSA) is 30.2 Å². The summed E-state index contributed by atoms with van der Waals surface area (Å²) in [7, 11) is 0. The third-order valence-electron chi connectivity index (χ3n) is 2.12. The van der Waals surface area contributed by atoms with Crippen LogP contribution in [0.2, 0.25) is 0 Å². The smallest absolute Gasteiger partial charge is 0.234 e. The molecule has 2 heterocycles. The summed E-state index contributed by atoms with van der Waals surface area (Å²) in [5, 5.41) is 0. The lowest BCUT2D eigenvalue weighted by Gasteiger charge is -2.08. The Morgan fingerprint density at radius 2 is 2.15 bits per heavy atom. The van der Waals surface area contributed by atoms with E-state index in [0.717, 1.165) is 11.5 Å². The molecule has 0 radical (unpaired) electrons. The summed E-state index contributed by atoms with van der Waals surface area (Å²) >= 11 is 0. The van der Waals surface area contributed by atoms with Crippen LogP contribution in [0, 0.1) is 6.92 Å². The Morgan fingerprint density at radius 1 is 1.38 bits per heavy atom. The normalized spacial score (nSPS) is 11.4. The van der Waals surface area contributed by atoms with Crippen LogP contribution in [0.25, 0.3) is 5.78 Å². The molecular formula is C10H13N3. The molecule has 0 fully saturated rings. The molecule has 0 aromatic carbocycles. The molecule has 0 bridgehead atoms. The maximum atomic E-state index is 4.33. The maximum absolute atomic E-state index is 4.33.